The maximum Gasteiger partial charge on any atom is 0.323 e. The fourth-order valence-corrected chi connectivity index (χ4v) is 2.93. The van der Waals surface area contributed by atoms with Crippen molar-refractivity contribution in [2.24, 2.45) is 0 Å². The van der Waals surface area contributed by atoms with E-state index in [0.29, 0.717) is 17.8 Å². The van der Waals surface area contributed by atoms with Crippen molar-refractivity contribution in [2.45, 2.75) is 20.3 Å². The minimum absolute atomic E-state index is 0.251. The molecule has 0 aromatic carbocycles. The number of hydrogen-bond donors (Lipinski definition) is 1. The van der Waals surface area contributed by atoms with Crippen molar-refractivity contribution in [3.05, 3.63) is 34.9 Å². The van der Waals surface area contributed by atoms with Crippen LogP contribution in [0.25, 0.3) is 10.6 Å². The third kappa shape index (κ3) is 3.72. The predicted octanol–water partition coefficient (Wildman–Crippen LogP) is 3.25. The van der Waals surface area contributed by atoms with Crippen molar-refractivity contribution < 1.29 is 19.1 Å². The van der Waals surface area contributed by atoms with Crippen LogP contribution in [-0.2, 0) is 4.79 Å². The first-order valence-corrected chi connectivity index (χ1v) is 7.50. The first-order valence-electron chi connectivity index (χ1n) is 6.69. The second-order valence-electron chi connectivity index (χ2n) is 4.69. The predicted molar refractivity (Wildman–Crippen MR) is 80.6 cm³/mol. The van der Waals surface area contributed by atoms with Gasteiger partial charge in [0.1, 0.15) is 18.1 Å². The van der Waals surface area contributed by atoms with Crippen molar-refractivity contribution in [3.8, 4) is 10.6 Å². The lowest BCUT2D eigenvalue weighted by Gasteiger charge is -2.18. The standard InChI is InChI=1S/C15H17NO4S/c1-3-8-16(9-14(17)18)15(19)13-7-6-12(21-13)11-5-4-10(2)20-11/h4-7H,3,8-9H2,1-2H3,(H,17,18). The number of hydrogen-bond acceptors (Lipinski definition) is 4. The molecule has 2 rings (SSSR count). The van der Waals surface area contributed by atoms with E-state index in [-0.39, 0.29) is 12.5 Å². The number of carboxylic acid groups (broad SMARTS) is 1. The highest BCUT2D eigenvalue weighted by molar-refractivity contribution is 7.17. The number of aliphatic carboxylic acids is 1. The molecule has 112 valence electrons. The highest BCUT2D eigenvalue weighted by Gasteiger charge is 2.20. The molecule has 6 heteroatoms. The zero-order valence-corrected chi connectivity index (χ0v) is 12.8. The molecule has 1 N–H and O–H groups in total. The Kier molecular flexibility index (Phi) is 4.80. The Hall–Kier alpha value is -2.08. The number of thiophene rings is 1. The molecule has 0 atom stereocenters. The molecule has 0 radical (unpaired) electrons. The summed E-state index contributed by atoms with van der Waals surface area (Å²) in [5, 5.41) is 8.89. The van der Waals surface area contributed by atoms with E-state index in [4.69, 9.17) is 9.52 Å². The molecule has 21 heavy (non-hydrogen) atoms. The van der Waals surface area contributed by atoms with Crippen molar-refractivity contribution >= 4 is 23.2 Å². The number of amides is 1. The fourth-order valence-electron chi connectivity index (χ4n) is 1.99. The summed E-state index contributed by atoms with van der Waals surface area (Å²) in [6.45, 7) is 3.92. The van der Waals surface area contributed by atoms with Gasteiger partial charge in [0.15, 0.2) is 0 Å². The molecule has 0 aliphatic heterocycles. The first-order chi connectivity index (χ1) is 10.0. The average Bonchev–Trinajstić information content (AvgIpc) is 3.05. The largest absolute Gasteiger partial charge is 0.480 e. The maximum absolute atomic E-state index is 12.4. The van der Waals surface area contributed by atoms with Gasteiger partial charge in [-0.05, 0) is 37.6 Å². The Morgan fingerprint density at radius 1 is 1.29 bits per heavy atom. The SMILES string of the molecule is CCCN(CC(=O)O)C(=O)c1ccc(-c2ccc(C)o2)s1. The Morgan fingerprint density at radius 3 is 2.62 bits per heavy atom. The van der Waals surface area contributed by atoms with E-state index >= 15 is 0 Å². The molecule has 2 aromatic rings. The van der Waals surface area contributed by atoms with Crippen LogP contribution >= 0.6 is 11.3 Å². The first kappa shape index (κ1) is 15.3. The number of carbonyl (C=O) groups excluding carboxylic acids is 1. The third-order valence-corrected chi connectivity index (χ3v) is 3.99. The number of rotatable bonds is 6. The van der Waals surface area contributed by atoms with Gasteiger partial charge >= 0.3 is 5.97 Å². The van der Waals surface area contributed by atoms with E-state index in [1.54, 1.807) is 6.07 Å². The monoisotopic (exact) mass is 307 g/mol. The van der Waals surface area contributed by atoms with Gasteiger partial charge in [-0.1, -0.05) is 6.92 Å². The molecular weight excluding hydrogens is 290 g/mol. The lowest BCUT2D eigenvalue weighted by atomic mass is 10.3. The van der Waals surface area contributed by atoms with Crippen LogP contribution < -0.4 is 0 Å². The van der Waals surface area contributed by atoms with Gasteiger partial charge in [-0.15, -0.1) is 11.3 Å². The third-order valence-electron chi connectivity index (χ3n) is 2.91. The highest BCUT2D eigenvalue weighted by atomic mass is 32.1. The van der Waals surface area contributed by atoms with Gasteiger partial charge in [-0.2, -0.15) is 0 Å². The normalized spacial score (nSPS) is 10.6. The summed E-state index contributed by atoms with van der Waals surface area (Å²) in [6, 6.07) is 7.26. The lowest BCUT2D eigenvalue weighted by Crippen LogP contribution is -2.35. The molecule has 0 saturated heterocycles. The molecule has 0 spiro atoms. The fraction of sp³-hybridized carbons (Fsp3) is 0.333. The Balaban J connectivity index is 2.18. The summed E-state index contributed by atoms with van der Waals surface area (Å²) in [6.07, 6.45) is 0.717. The summed E-state index contributed by atoms with van der Waals surface area (Å²) in [5.74, 6) is 0.274. The number of carboxylic acids is 1. The van der Waals surface area contributed by atoms with Gasteiger partial charge in [-0.25, -0.2) is 0 Å². The van der Waals surface area contributed by atoms with Crippen molar-refractivity contribution in [1.82, 2.24) is 4.90 Å². The van der Waals surface area contributed by atoms with Crippen LogP contribution in [0.1, 0.15) is 28.8 Å². The van der Waals surface area contributed by atoms with E-state index in [1.165, 1.54) is 16.2 Å². The Labute approximate surface area is 126 Å². The maximum atomic E-state index is 12.4. The van der Waals surface area contributed by atoms with E-state index in [2.05, 4.69) is 0 Å². The van der Waals surface area contributed by atoms with Crippen LogP contribution in [0.15, 0.2) is 28.7 Å². The molecule has 1 amide bonds. The van der Waals surface area contributed by atoms with Crippen molar-refractivity contribution in [2.75, 3.05) is 13.1 Å². The van der Waals surface area contributed by atoms with Crippen LogP contribution in [-0.4, -0.2) is 35.0 Å². The van der Waals surface area contributed by atoms with Crippen LogP contribution in [0.4, 0.5) is 0 Å². The summed E-state index contributed by atoms with van der Waals surface area (Å²) in [5.41, 5.74) is 0. The van der Waals surface area contributed by atoms with Gasteiger partial charge in [0.2, 0.25) is 0 Å². The van der Waals surface area contributed by atoms with E-state index in [0.717, 1.165) is 16.4 Å². The molecule has 0 aliphatic rings. The number of furan rings is 1. The van der Waals surface area contributed by atoms with Gasteiger partial charge < -0.3 is 14.4 Å². The van der Waals surface area contributed by atoms with Crippen molar-refractivity contribution in [3.63, 3.8) is 0 Å². The molecule has 0 saturated carbocycles. The van der Waals surface area contributed by atoms with Crippen LogP contribution in [0.2, 0.25) is 0 Å². The van der Waals surface area contributed by atoms with E-state index in [9.17, 15) is 9.59 Å². The summed E-state index contributed by atoms with van der Waals surface area (Å²) in [7, 11) is 0. The number of nitrogens with zero attached hydrogens (tertiary/aromatic N) is 1. The number of carbonyl (C=O) groups is 2. The second kappa shape index (κ2) is 6.58. The molecule has 0 bridgehead atoms. The second-order valence-corrected chi connectivity index (χ2v) is 5.78. The van der Waals surface area contributed by atoms with Crippen LogP contribution in [0.3, 0.4) is 0 Å². The Morgan fingerprint density at radius 2 is 2.05 bits per heavy atom. The quantitative estimate of drug-likeness (QED) is 0.889. The molecule has 0 aliphatic carbocycles. The molecule has 2 aromatic heterocycles. The Bertz CT molecular complexity index is 644. The summed E-state index contributed by atoms with van der Waals surface area (Å²) < 4.78 is 5.53. The average molecular weight is 307 g/mol. The summed E-state index contributed by atoms with van der Waals surface area (Å²) >= 11 is 1.31. The molecule has 2 heterocycles. The molecule has 5 nitrogen and oxygen atoms in total. The van der Waals surface area contributed by atoms with Crippen LogP contribution in [0, 0.1) is 6.92 Å². The van der Waals surface area contributed by atoms with E-state index in [1.807, 2.05) is 32.0 Å². The van der Waals surface area contributed by atoms with Crippen LogP contribution in [0.5, 0.6) is 0 Å². The van der Waals surface area contributed by atoms with Gasteiger partial charge in [-0.3, -0.25) is 9.59 Å². The van der Waals surface area contributed by atoms with Crippen molar-refractivity contribution in [1.29, 1.82) is 0 Å². The topological polar surface area (TPSA) is 70.8 Å². The zero-order chi connectivity index (χ0) is 15.4. The van der Waals surface area contributed by atoms with Gasteiger partial charge in [0.05, 0.1) is 9.75 Å². The van der Waals surface area contributed by atoms with Gasteiger partial charge in [0.25, 0.3) is 5.91 Å². The van der Waals surface area contributed by atoms with E-state index < -0.39 is 5.97 Å². The number of aryl methyl sites for hydroxylation is 1. The summed E-state index contributed by atoms with van der Waals surface area (Å²) in [4.78, 5) is 25.9. The minimum atomic E-state index is -1.00. The lowest BCUT2D eigenvalue weighted by molar-refractivity contribution is -0.137. The zero-order valence-electron chi connectivity index (χ0n) is 12.0. The molecule has 0 fully saturated rings. The minimum Gasteiger partial charge on any atom is -0.480 e. The van der Waals surface area contributed by atoms with Gasteiger partial charge in [0, 0.05) is 6.54 Å². The molecule has 0 unspecified atom stereocenters. The highest BCUT2D eigenvalue weighted by Crippen LogP contribution is 2.30. The smallest absolute Gasteiger partial charge is 0.323 e. The molecular formula is C15H17NO4S.